The fraction of sp³-hybridized carbons (Fsp3) is 0.300. The first-order valence-electron chi connectivity index (χ1n) is 8.43. The van der Waals surface area contributed by atoms with Crippen molar-refractivity contribution in [3.8, 4) is 0 Å². The average molecular weight is 376 g/mol. The molecule has 0 radical (unpaired) electrons. The van der Waals surface area contributed by atoms with Gasteiger partial charge in [-0.2, -0.15) is 0 Å². The molecule has 1 aliphatic rings. The smallest absolute Gasteiger partial charge is 0.177 e. The first-order chi connectivity index (χ1) is 11.9. The van der Waals surface area contributed by atoms with E-state index in [0.29, 0.717) is 21.9 Å². The van der Waals surface area contributed by atoms with Crippen molar-refractivity contribution < 1.29 is 8.42 Å². The molecule has 1 aliphatic heterocycles. The van der Waals surface area contributed by atoms with Gasteiger partial charge in [0.05, 0.1) is 4.91 Å². The topological polar surface area (TPSA) is 37.4 Å². The largest absolute Gasteiger partial charge is 0.373 e. The summed E-state index contributed by atoms with van der Waals surface area (Å²) in [6.07, 6.45) is 4.08. The predicted molar refractivity (Wildman–Crippen MR) is 104 cm³/mol. The van der Waals surface area contributed by atoms with Crippen molar-refractivity contribution >= 4 is 26.3 Å². The zero-order chi connectivity index (χ0) is 17.9. The third kappa shape index (κ3) is 4.44. The second-order valence-corrected chi connectivity index (χ2v) is 8.80. The first kappa shape index (κ1) is 18.0. The van der Waals surface area contributed by atoms with E-state index in [9.17, 15) is 8.42 Å². The second kappa shape index (κ2) is 7.63. The highest BCUT2D eigenvalue weighted by molar-refractivity contribution is 8.00. The highest BCUT2D eigenvalue weighted by Gasteiger charge is 2.25. The van der Waals surface area contributed by atoms with Crippen molar-refractivity contribution in [2.45, 2.75) is 19.3 Å². The van der Waals surface area contributed by atoms with Gasteiger partial charge in [0.15, 0.2) is 9.84 Å². The Morgan fingerprint density at radius 1 is 1.00 bits per heavy atom. The number of allylic oxidation sites excluding steroid dienone is 1. The molecule has 132 valence electrons. The fourth-order valence-electron chi connectivity index (χ4n) is 3.31. The Hall–Kier alpha value is -1.78. The van der Waals surface area contributed by atoms with Crippen LogP contribution in [0.25, 0.3) is 4.91 Å². The number of nitrogens with zero attached hydrogens (tertiary/aromatic N) is 1. The Morgan fingerprint density at radius 3 is 2.16 bits per heavy atom. The van der Waals surface area contributed by atoms with Crippen LogP contribution in [0.4, 0.5) is 0 Å². The Morgan fingerprint density at radius 2 is 1.60 bits per heavy atom. The molecule has 0 bridgehead atoms. The third-order valence-electron chi connectivity index (χ3n) is 4.44. The summed E-state index contributed by atoms with van der Waals surface area (Å²) >= 11 is 5.99. The number of sulfone groups is 1. The Bertz CT molecular complexity index is 852. The predicted octanol–water partition coefficient (Wildman–Crippen LogP) is 4.39. The Kier molecular flexibility index (Phi) is 5.50. The van der Waals surface area contributed by atoms with Crippen molar-refractivity contribution in [3.05, 3.63) is 76.4 Å². The Balaban J connectivity index is 2.16. The Labute approximate surface area is 154 Å². The van der Waals surface area contributed by atoms with Gasteiger partial charge in [0.1, 0.15) is 0 Å². The van der Waals surface area contributed by atoms with E-state index < -0.39 is 9.84 Å². The van der Waals surface area contributed by atoms with Crippen molar-refractivity contribution in [1.82, 2.24) is 4.90 Å². The van der Waals surface area contributed by atoms with E-state index in [2.05, 4.69) is 4.90 Å². The van der Waals surface area contributed by atoms with Gasteiger partial charge in [-0.3, -0.25) is 0 Å². The van der Waals surface area contributed by atoms with Crippen LogP contribution >= 0.6 is 11.6 Å². The van der Waals surface area contributed by atoms with Gasteiger partial charge in [-0.1, -0.05) is 54.1 Å². The van der Waals surface area contributed by atoms with Crippen LogP contribution in [-0.2, 0) is 16.3 Å². The summed E-state index contributed by atoms with van der Waals surface area (Å²) in [4.78, 5) is 2.63. The molecule has 2 aromatic rings. The molecule has 0 amide bonds. The summed E-state index contributed by atoms with van der Waals surface area (Å²) in [5.41, 5.74) is 2.69. The van der Waals surface area contributed by atoms with Crippen LogP contribution in [0, 0.1) is 0 Å². The minimum atomic E-state index is -3.39. The molecule has 3 rings (SSSR count). The molecule has 0 aliphatic carbocycles. The zero-order valence-electron chi connectivity index (χ0n) is 14.3. The molecule has 1 heterocycles. The van der Waals surface area contributed by atoms with E-state index in [-0.39, 0.29) is 0 Å². The van der Waals surface area contributed by atoms with Gasteiger partial charge in [0.2, 0.25) is 0 Å². The molecule has 0 saturated carbocycles. The molecule has 2 aromatic carbocycles. The van der Waals surface area contributed by atoms with E-state index in [0.717, 1.165) is 37.2 Å². The summed E-state index contributed by atoms with van der Waals surface area (Å²) in [6, 6.07) is 17.1. The minimum absolute atomic E-state index is 0.412. The number of hydrogen-bond acceptors (Lipinski definition) is 3. The van der Waals surface area contributed by atoms with Crippen LogP contribution in [0.2, 0.25) is 5.02 Å². The lowest BCUT2D eigenvalue weighted by atomic mass is 10.1. The average Bonchev–Trinajstić information content (AvgIpc) is 3.10. The molecule has 25 heavy (non-hydrogen) atoms. The maximum atomic E-state index is 12.7. The molecule has 0 atom stereocenters. The summed E-state index contributed by atoms with van der Waals surface area (Å²) in [5, 5.41) is 0.599. The van der Waals surface area contributed by atoms with Crippen LogP contribution in [0.3, 0.4) is 0 Å². The summed E-state index contributed by atoms with van der Waals surface area (Å²) in [7, 11) is -3.39. The number of likely N-dealkylation sites (tertiary alicyclic amines) is 1. The monoisotopic (exact) mass is 375 g/mol. The number of rotatable bonds is 5. The van der Waals surface area contributed by atoms with Crippen molar-refractivity contribution in [1.29, 1.82) is 0 Å². The SMILES string of the molecule is CS(=O)(=O)/C(=C(/Cc1ccccc1)N1CCCC1)c1ccc(Cl)cc1. The molecule has 1 fully saturated rings. The van der Waals surface area contributed by atoms with E-state index in [4.69, 9.17) is 11.6 Å². The van der Waals surface area contributed by atoms with E-state index in [1.54, 1.807) is 24.3 Å². The molecule has 0 spiro atoms. The first-order valence-corrected chi connectivity index (χ1v) is 10.7. The molecule has 0 unspecified atom stereocenters. The van der Waals surface area contributed by atoms with E-state index in [1.165, 1.54) is 6.26 Å². The molecule has 0 N–H and O–H groups in total. The van der Waals surface area contributed by atoms with E-state index >= 15 is 0 Å². The maximum Gasteiger partial charge on any atom is 0.177 e. The quantitative estimate of drug-likeness (QED) is 0.777. The van der Waals surface area contributed by atoms with Gasteiger partial charge in [-0.05, 0) is 36.1 Å². The number of benzene rings is 2. The minimum Gasteiger partial charge on any atom is -0.373 e. The van der Waals surface area contributed by atoms with Gasteiger partial charge in [0.25, 0.3) is 0 Å². The van der Waals surface area contributed by atoms with Gasteiger partial charge in [-0.25, -0.2) is 8.42 Å². The van der Waals surface area contributed by atoms with Crippen LogP contribution < -0.4 is 0 Å². The normalized spacial score (nSPS) is 16.0. The lowest BCUT2D eigenvalue weighted by Gasteiger charge is -2.25. The molecule has 5 heteroatoms. The lowest BCUT2D eigenvalue weighted by molar-refractivity contribution is 0.419. The lowest BCUT2D eigenvalue weighted by Crippen LogP contribution is -2.23. The van der Waals surface area contributed by atoms with Crippen LogP contribution in [0.1, 0.15) is 24.0 Å². The molecule has 0 aromatic heterocycles. The van der Waals surface area contributed by atoms with Gasteiger partial charge < -0.3 is 4.90 Å². The van der Waals surface area contributed by atoms with Crippen LogP contribution in [0.5, 0.6) is 0 Å². The third-order valence-corrected chi connectivity index (χ3v) is 5.91. The summed E-state index contributed by atoms with van der Waals surface area (Å²) in [5.74, 6) is 0. The van der Waals surface area contributed by atoms with Crippen molar-refractivity contribution in [2.24, 2.45) is 0 Å². The summed E-state index contributed by atoms with van der Waals surface area (Å²) < 4.78 is 25.4. The molecule has 1 saturated heterocycles. The zero-order valence-corrected chi connectivity index (χ0v) is 15.9. The summed E-state index contributed by atoms with van der Waals surface area (Å²) in [6.45, 7) is 1.80. The molecule has 3 nitrogen and oxygen atoms in total. The van der Waals surface area contributed by atoms with Gasteiger partial charge in [0, 0.05) is 36.5 Å². The van der Waals surface area contributed by atoms with Gasteiger partial charge in [-0.15, -0.1) is 0 Å². The highest BCUT2D eigenvalue weighted by Crippen LogP contribution is 2.31. The van der Waals surface area contributed by atoms with Crippen molar-refractivity contribution in [3.63, 3.8) is 0 Å². The molecular formula is C20H22ClNO2S. The second-order valence-electron chi connectivity index (χ2n) is 6.41. The van der Waals surface area contributed by atoms with Gasteiger partial charge >= 0.3 is 0 Å². The van der Waals surface area contributed by atoms with Crippen LogP contribution in [-0.4, -0.2) is 32.7 Å². The number of hydrogen-bond donors (Lipinski definition) is 0. The number of halogens is 1. The van der Waals surface area contributed by atoms with E-state index in [1.807, 2.05) is 30.3 Å². The van der Waals surface area contributed by atoms with Crippen LogP contribution in [0.15, 0.2) is 60.3 Å². The maximum absolute atomic E-state index is 12.7. The van der Waals surface area contributed by atoms with Crippen molar-refractivity contribution in [2.75, 3.05) is 19.3 Å². The highest BCUT2D eigenvalue weighted by atomic mass is 35.5. The molecular weight excluding hydrogens is 354 g/mol. The standard InChI is InChI=1S/C20H22ClNO2S/c1-25(23,24)20(17-9-11-18(21)12-10-17)19(22-13-5-6-14-22)15-16-7-3-2-4-8-16/h2-4,7-12H,5-6,13-15H2,1H3/b20-19-. The fourth-order valence-corrected chi connectivity index (χ4v) is 4.63.